The zero-order valence-corrected chi connectivity index (χ0v) is 10.1. The minimum Gasteiger partial charge on any atom is -0.397 e. The second-order valence-electron chi connectivity index (χ2n) is 4.55. The zero-order chi connectivity index (χ0) is 12.4. The van der Waals surface area contributed by atoms with Crippen LogP contribution in [0.15, 0.2) is 12.3 Å². The van der Waals surface area contributed by atoms with Crippen LogP contribution in [0, 0.1) is 0 Å². The van der Waals surface area contributed by atoms with Gasteiger partial charge in [-0.15, -0.1) is 0 Å². The summed E-state index contributed by atoms with van der Waals surface area (Å²) in [4.78, 5) is 13.9. The van der Waals surface area contributed by atoms with Crippen molar-refractivity contribution in [3.63, 3.8) is 0 Å². The van der Waals surface area contributed by atoms with Crippen LogP contribution < -0.4 is 5.73 Å². The van der Waals surface area contributed by atoms with E-state index in [1.807, 2.05) is 4.57 Å². The Morgan fingerprint density at radius 2 is 2.41 bits per heavy atom. The van der Waals surface area contributed by atoms with Crippen LogP contribution in [0.2, 0.25) is 0 Å². The van der Waals surface area contributed by atoms with Crippen LogP contribution in [0.1, 0.15) is 30.3 Å². The number of β-amino-alcohol motifs (C(OH)–C–C–N with tert-alkyl or cyclic N) is 1. The van der Waals surface area contributed by atoms with E-state index in [-0.39, 0.29) is 12.0 Å². The van der Waals surface area contributed by atoms with Gasteiger partial charge in [0.25, 0.3) is 5.91 Å². The monoisotopic (exact) mass is 237 g/mol. The van der Waals surface area contributed by atoms with Crippen LogP contribution in [0.5, 0.6) is 0 Å². The van der Waals surface area contributed by atoms with Gasteiger partial charge in [0.2, 0.25) is 0 Å². The predicted octanol–water partition coefficient (Wildman–Crippen LogP) is 0.687. The number of rotatable bonds is 3. The van der Waals surface area contributed by atoms with Crippen LogP contribution >= 0.6 is 0 Å². The van der Waals surface area contributed by atoms with E-state index in [2.05, 4.69) is 6.92 Å². The van der Waals surface area contributed by atoms with Gasteiger partial charge in [-0.05, 0) is 18.9 Å². The molecule has 0 unspecified atom stereocenters. The van der Waals surface area contributed by atoms with Gasteiger partial charge in [0.05, 0.1) is 11.8 Å². The molecule has 2 heterocycles. The third kappa shape index (κ3) is 2.44. The number of aliphatic hydroxyl groups excluding tert-OH is 1. The maximum absolute atomic E-state index is 12.2. The van der Waals surface area contributed by atoms with Crippen molar-refractivity contribution in [1.82, 2.24) is 9.47 Å². The normalized spacial score (nSPS) is 19.9. The van der Waals surface area contributed by atoms with Gasteiger partial charge >= 0.3 is 0 Å². The van der Waals surface area contributed by atoms with Crippen LogP contribution in [0.25, 0.3) is 0 Å². The molecule has 94 valence electrons. The van der Waals surface area contributed by atoms with Gasteiger partial charge < -0.3 is 20.3 Å². The molecule has 0 bridgehead atoms. The standard InChI is InChI=1S/C12H19N3O2/c1-2-4-14-7-9(13)6-11(14)12(17)15-5-3-10(16)8-15/h6-7,10,16H,2-5,8,13H2,1H3/t10-/m1/s1. The Hall–Kier alpha value is -1.49. The number of nitrogens with zero attached hydrogens (tertiary/aromatic N) is 2. The Labute approximate surface area is 101 Å². The Morgan fingerprint density at radius 3 is 3.00 bits per heavy atom. The van der Waals surface area contributed by atoms with Crippen molar-refractivity contribution >= 4 is 11.6 Å². The molecule has 1 aliphatic heterocycles. The molecule has 1 aliphatic rings. The summed E-state index contributed by atoms with van der Waals surface area (Å²) in [6.45, 7) is 3.89. The number of carbonyl (C=O) groups is 1. The third-order valence-corrected chi connectivity index (χ3v) is 3.05. The van der Waals surface area contributed by atoms with Crippen LogP contribution in [-0.2, 0) is 6.54 Å². The largest absolute Gasteiger partial charge is 0.397 e. The summed E-state index contributed by atoms with van der Waals surface area (Å²) >= 11 is 0. The zero-order valence-electron chi connectivity index (χ0n) is 10.1. The summed E-state index contributed by atoms with van der Waals surface area (Å²) in [6.07, 6.45) is 3.03. The number of anilines is 1. The summed E-state index contributed by atoms with van der Waals surface area (Å²) in [5.74, 6) is -0.0355. The fourth-order valence-corrected chi connectivity index (χ4v) is 2.23. The molecule has 5 nitrogen and oxygen atoms in total. The highest BCUT2D eigenvalue weighted by atomic mass is 16.3. The maximum Gasteiger partial charge on any atom is 0.270 e. The van der Waals surface area contributed by atoms with Crippen molar-refractivity contribution in [1.29, 1.82) is 0 Å². The second-order valence-corrected chi connectivity index (χ2v) is 4.55. The number of hydrogen-bond donors (Lipinski definition) is 2. The third-order valence-electron chi connectivity index (χ3n) is 3.05. The van der Waals surface area contributed by atoms with Crippen molar-refractivity contribution in [2.24, 2.45) is 0 Å². The number of nitrogens with two attached hydrogens (primary N) is 1. The number of amides is 1. The van der Waals surface area contributed by atoms with E-state index in [0.717, 1.165) is 13.0 Å². The fourth-order valence-electron chi connectivity index (χ4n) is 2.23. The first-order chi connectivity index (χ1) is 8.11. The molecular weight excluding hydrogens is 218 g/mol. The minimum absolute atomic E-state index is 0.0355. The Kier molecular flexibility index (Phi) is 3.38. The number of likely N-dealkylation sites (tertiary alicyclic amines) is 1. The van der Waals surface area contributed by atoms with Gasteiger partial charge in [0.1, 0.15) is 5.69 Å². The fraction of sp³-hybridized carbons (Fsp3) is 0.583. The molecular formula is C12H19N3O2. The van der Waals surface area contributed by atoms with E-state index in [1.54, 1.807) is 17.2 Å². The quantitative estimate of drug-likeness (QED) is 0.812. The lowest BCUT2D eigenvalue weighted by Crippen LogP contribution is -2.31. The Morgan fingerprint density at radius 1 is 1.65 bits per heavy atom. The van der Waals surface area contributed by atoms with Crippen molar-refractivity contribution in [3.8, 4) is 0 Å². The average molecular weight is 237 g/mol. The lowest BCUT2D eigenvalue weighted by atomic mass is 10.3. The number of hydrogen-bond acceptors (Lipinski definition) is 3. The van der Waals surface area contributed by atoms with E-state index < -0.39 is 0 Å². The Balaban J connectivity index is 2.18. The first kappa shape index (κ1) is 12.0. The maximum atomic E-state index is 12.2. The number of aromatic nitrogens is 1. The molecule has 0 aliphatic carbocycles. The van der Waals surface area contributed by atoms with E-state index in [1.165, 1.54) is 0 Å². The first-order valence-corrected chi connectivity index (χ1v) is 6.04. The summed E-state index contributed by atoms with van der Waals surface area (Å²) < 4.78 is 1.89. The highest BCUT2D eigenvalue weighted by molar-refractivity contribution is 5.94. The molecule has 1 atom stereocenters. The molecule has 1 saturated heterocycles. The number of carbonyl (C=O) groups excluding carboxylic acids is 1. The molecule has 1 amide bonds. The van der Waals surface area contributed by atoms with Gasteiger partial charge in [-0.2, -0.15) is 0 Å². The number of aliphatic hydroxyl groups is 1. The van der Waals surface area contributed by atoms with E-state index in [9.17, 15) is 9.90 Å². The molecule has 0 spiro atoms. The first-order valence-electron chi connectivity index (χ1n) is 6.04. The molecule has 1 aromatic rings. The lowest BCUT2D eigenvalue weighted by molar-refractivity contribution is 0.0754. The topological polar surface area (TPSA) is 71.5 Å². The molecule has 2 rings (SSSR count). The van der Waals surface area contributed by atoms with E-state index in [4.69, 9.17) is 5.73 Å². The molecule has 3 N–H and O–H groups in total. The molecule has 1 aromatic heterocycles. The smallest absolute Gasteiger partial charge is 0.270 e. The van der Waals surface area contributed by atoms with Crippen molar-refractivity contribution in [3.05, 3.63) is 18.0 Å². The molecule has 17 heavy (non-hydrogen) atoms. The van der Waals surface area contributed by atoms with Gasteiger partial charge in [0, 0.05) is 25.8 Å². The van der Waals surface area contributed by atoms with Crippen molar-refractivity contribution in [2.45, 2.75) is 32.4 Å². The second kappa shape index (κ2) is 4.79. The van der Waals surface area contributed by atoms with Crippen LogP contribution in [0.4, 0.5) is 5.69 Å². The summed E-state index contributed by atoms with van der Waals surface area (Å²) in [6, 6.07) is 1.71. The SMILES string of the molecule is CCCn1cc(N)cc1C(=O)N1CC[C@@H](O)C1. The molecule has 0 aromatic carbocycles. The molecule has 5 heteroatoms. The lowest BCUT2D eigenvalue weighted by Gasteiger charge is -2.16. The highest BCUT2D eigenvalue weighted by Gasteiger charge is 2.27. The van der Waals surface area contributed by atoms with Crippen LogP contribution in [0.3, 0.4) is 0 Å². The molecule has 1 fully saturated rings. The summed E-state index contributed by atoms with van der Waals surface area (Å²) in [5, 5.41) is 9.45. The highest BCUT2D eigenvalue weighted by Crippen LogP contribution is 2.17. The summed E-state index contributed by atoms with van der Waals surface area (Å²) in [7, 11) is 0. The van der Waals surface area contributed by atoms with Crippen molar-refractivity contribution < 1.29 is 9.90 Å². The number of aryl methyl sites for hydroxylation is 1. The summed E-state index contributed by atoms with van der Waals surface area (Å²) in [5.41, 5.74) is 6.97. The number of nitrogen functional groups attached to an aromatic ring is 1. The average Bonchev–Trinajstić information content (AvgIpc) is 2.85. The van der Waals surface area contributed by atoms with Gasteiger partial charge in [-0.25, -0.2) is 0 Å². The van der Waals surface area contributed by atoms with Crippen LogP contribution in [-0.4, -0.2) is 39.7 Å². The van der Waals surface area contributed by atoms with E-state index >= 15 is 0 Å². The van der Waals surface area contributed by atoms with Gasteiger partial charge in [-0.3, -0.25) is 4.79 Å². The van der Waals surface area contributed by atoms with Gasteiger partial charge in [0.15, 0.2) is 0 Å². The minimum atomic E-state index is -0.383. The predicted molar refractivity (Wildman–Crippen MR) is 65.7 cm³/mol. The Bertz CT molecular complexity index is 414. The van der Waals surface area contributed by atoms with Crippen molar-refractivity contribution in [2.75, 3.05) is 18.8 Å². The van der Waals surface area contributed by atoms with E-state index in [0.29, 0.717) is 30.9 Å². The molecule has 0 saturated carbocycles. The molecule has 0 radical (unpaired) electrons. The van der Waals surface area contributed by atoms with Gasteiger partial charge in [-0.1, -0.05) is 6.92 Å².